The lowest BCUT2D eigenvalue weighted by atomic mass is 9.81. The number of rotatable bonds is 4. The van der Waals surface area contributed by atoms with Gasteiger partial charge in [-0.3, -0.25) is 4.98 Å². The Balaban J connectivity index is 2.18. The molecule has 1 fully saturated rings. The summed E-state index contributed by atoms with van der Waals surface area (Å²) >= 11 is 0. The van der Waals surface area contributed by atoms with Crippen molar-refractivity contribution in [1.29, 1.82) is 0 Å². The highest BCUT2D eigenvalue weighted by Crippen LogP contribution is 2.30. The Hall–Kier alpha value is -1.09. The number of aromatic nitrogens is 1. The molecule has 2 atom stereocenters. The topological polar surface area (TPSA) is 34.2 Å². The lowest BCUT2D eigenvalue weighted by molar-refractivity contribution is 0.270. The number of hydrogen-bond acceptors (Lipinski definition) is 3. The summed E-state index contributed by atoms with van der Waals surface area (Å²) in [5.74, 6) is 1.71. The van der Waals surface area contributed by atoms with Gasteiger partial charge in [0.2, 0.25) is 0 Å². The first kappa shape index (κ1) is 14.3. The minimum Gasteiger partial charge on any atom is -0.496 e. The van der Waals surface area contributed by atoms with Crippen LogP contribution in [0.4, 0.5) is 0 Å². The van der Waals surface area contributed by atoms with Crippen LogP contribution in [0.25, 0.3) is 0 Å². The highest BCUT2D eigenvalue weighted by atomic mass is 16.5. The summed E-state index contributed by atoms with van der Waals surface area (Å²) in [7, 11) is 3.83. The maximum absolute atomic E-state index is 5.50. The first-order valence-corrected chi connectivity index (χ1v) is 7.33. The molecule has 1 N–H and O–H groups in total. The van der Waals surface area contributed by atoms with Gasteiger partial charge in [0, 0.05) is 29.1 Å². The van der Waals surface area contributed by atoms with Crippen LogP contribution < -0.4 is 10.1 Å². The molecule has 106 valence electrons. The van der Waals surface area contributed by atoms with E-state index in [0.29, 0.717) is 12.0 Å². The summed E-state index contributed by atoms with van der Waals surface area (Å²) < 4.78 is 5.50. The van der Waals surface area contributed by atoms with Gasteiger partial charge in [-0.15, -0.1) is 0 Å². The molecule has 0 aliphatic heterocycles. The largest absolute Gasteiger partial charge is 0.496 e. The van der Waals surface area contributed by atoms with E-state index in [4.69, 9.17) is 4.74 Å². The molecular weight excluding hydrogens is 236 g/mol. The van der Waals surface area contributed by atoms with Crippen LogP contribution in [0.5, 0.6) is 5.75 Å². The quantitative estimate of drug-likeness (QED) is 0.905. The molecule has 0 aromatic carbocycles. The fraction of sp³-hybridized carbons (Fsp3) is 0.688. The molecule has 1 aromatic rings. The summed E-state index contributed by atoms with van der Waals surface area (Å²) in [4.78, 5) is 4.64. The third-order valence-corrected chi connectivity index (χ3v) is 4.49. The predicted molar refractivity (Wildman–Crippen MR) is 78.8 cm³/mol. The van der Waals surface area contributed by atoms with Crippen molar-refractivity contribution in [1.82, 2.24) is 10.3 Å². The summed E-state index contributed by atoms with van der Waals surface area (Å²) in [6, 6.07) is 0.641. The second kappa shape index (κ2) is 6.38. The molecule has 3 heteroatoms. The molecule has 1 heterocycles. The monoisotopic (exact) mass is 262 g/mol. The molecule has 1 saturated carbocycles. The van der Waals surface area contributed by atoms with Crippen molar-refractivity contribution in [3.05, 3.63) is 23.0 Å². The normalized spacial score (nSPS) is 23.4. The Morgan fingerprint density at radius 2 is 2.05 bits per heavy atom. The molecule has 2 unspecified atom stereocenters. The van der Waals surface area contributed by atoms with E-state index in [1.54, 1.807) is 7.11 Å². The van der Waals surface area contributed by atoms with Gasteiger partial charge in [0.05, 0.1) is 7.11 Å². The molecular formula is C16H26N2O. The smallest absolute Gasteiger partial charge is 0.128 e. The van der Waals surface area contributed by atoms with Gasteiger partial charge in [0.15, 0.2) is 0 Å². The predicted octanol–water partition coefficient (Wildman–Crippen LogP) is 3.03. The molecule has 0 amide bonds. The number of ether oxygens (including phenoxy) is 1. The fourth-order valence-corrected chi connectivity index (χ4v) is 3.36. The van der Waals surface area contributed by atoms with E-state index in [9.17, 15) is 0 Å². The third-order valence-electron chi connectivity index (χ3n) is 4.49. The summed E-state index contributed by atoms with van der Waals surface area (Å²) in [6.07, 6.45) is 8.31. The van der Waals surface area contributed by atoms with E-state index in [-0.39, 0.29) is 0 Å². The minimum atomic E-state index is 0.641. The van der Waals surface area contributed by atoms with Gasteiger partial charge >= 0.3 is 0 Å². The van der Waals surface area contributed by atoms with Gasteiger partial charge < -0.3 is 10.1 Å². The van der Waals surface area contributed by atoms with Crippen LogP contribution in [0.3, 0.4) is 0 Å². The average molecular weight is 262 g/mol. The van der Waals surface area contributed by atoms with Crippen molar-refractivity contribution in [2.24, 2.45) is 5.92 Å². The van der Waals surface area contributed by atoms with Crippen molar-refractivity contribution in [3.63, 3.8) is 0 Å². The van der Waals surface area contributed by atoms with Crippen LogP contribution in [0.2, 0.25) is 0 Å². The van der Waals surface area contributed by atoms with Crippen LogP contribution in [0.1, 0.15) is 42.5 Å². The molecule has 0 saturated heterocycles. The Bertz CT molecular complexity index is 431. The van der Waals surface area contributed by atoms with Crippen molar-refractivity contribution < 1.29 is 4.74 Å². The second-order valence-electron chi connectivity index (χ2n) is 5.69. The molecule has 19 heavy (non-hydrogen) atoms. The molecule has 1 aliphatic rings. The lowest BCUT2D eigenvalue weighted by Crippen LogP contribution is -2.37. The Kier molecular flexibility index (Phi) is 4.81. The molecule has 2 rings (SSSR count). The van der Waals surface area contributed by atoms with E-state index >= 15 is 0 Å². The molecule has 0 radical (unpaired) electrons. The van der Waals surface area contributed by atoms with E-state index in [0.717, 1.165) is 17.7 Å². The van der Waals surface area contributed by atoms with Crippen LogP contribution in [0.15, 0.2) is 6.20 Å². The van der Waals surface area contributed by atoms with Gasteiger partial charge in [-0.2, -0.15) is 0 Å². The van der Waals surface area contributed by atoms with Crippen molar-refractivity contribution in [2.75, 3.05) is 14.2 Å². The first-order chi connectivity index (χ1) is 9.17. The zero-order valence-electron chi connectivity index (χ0n) is 12.6. The third kappa shape index (κ3) is 3.08. The summed E-state index contributed by atoms with van der Waals surface area (Å²) in [5, 5.41) is 3.47. The van der Waals surface area contributed by atoms with E-state index < -0.39 is 0 Å². The number of nitrogens with one attached hydrogen (secondary N) is 1. The van der Waals surface area contributed by atoms with Crippen molar-refractivity contribution in [2.45, 2.75) is 52.0 Å². The molecule has 3 nitrogen and oxygen atoms in total. The van der Waals surface area contributed by atoms with Crippen LogP contribution >= 0.6 is 0 Å². The van der Waals surface area contributed by atoms with Gasteiger partial charge in [-0.05, 0) is 46.1 Å². The lowest BCUT2D eigenvalue weighted by Gasteiger charge is -2.31. The standard InChI is InChI=1S/C16H26N2O/c1-11-10-18-15(12(2)16(11)19-4)9-13-7-5-6-8-14(13)17-3/h10,13-14,17H,5-9H2,1-4H3. The van der Waals surface area contributed by atoms with Gasteiger partial charge in [-0.1, -0.05) is 12.8 Å². The highest BCUT2D eigenvalue weighted by Gasteiger charge is 2.25. The molecule has 1 aliphatic carbocycles. The summed E-state index contributed by atoms with van der Waals surface area (Å²) in [5.41, 5.74) is 3.54. The van der Waals surface area contributed by atoms with Crippen LogP contribution in [0, 0.1) is 19.8 Å². The van der Waals surface area contributed by atoms with E-state index in [1.165, 1.54) is 36.9 Å². The number of nitrogens with zero attached hydrogens (tertiary/aromatic N) is 1. The van der Waals surface area contributed by atoms with E-state index in [1.807, 2.05) is 6.20 Å². The first-order valence-electron chi connectivity index (χ1n) is 7.33. The Morgan fingerprint density at radius 3 is 2.74 bits per heavy atom. The SMILES string of the molecule is CNC1CCCCC1Cc1ncc(C)c(OC)c1C. The number of pyridine rings is 1. The maximum atomic E-state index is 5.50. The van der Waals surface area contributed by atoms with Gasteiger partial charge in [0.25, 0.3) is 0 Å². The highest BCUT2D eigenvalue weighted by molar-refractivity contribution is 5.41. The number of aryl methyl sites for hydroxylation is 1. The molecule has 1 aromatic heterocycles. The van der Waals surface area contributed by atoms with Crippen molar-refractivity contribution in [3.8, 4) is 5.75 Å². The number of methoxy groups -OCH3 is 1. The van der Waals surface area contributed by atoms with Crippen LogP contribution in [-0.4, -0.2) is 25.2 Å². The number of hydrogen-bond donors (Lipinski definition) is 1. The summed E-state index contributed by atoms with van der Waals surface area (Å²) in [6.45, 7) is 4.19. The Morgan fingerprint density at radius 1 is 1.32 bits per heavy atom. The average Bonchev–Trinajstić information content (AvgIpc) is 2.43. The zero-order chi connectivity index (χ0) is 13.8. The second-order valence-corrected chi connectivity index (χ2v) is 5.69. The van der Waals surface area contributed by atoms with Crippen LogP contribution in [-0.2, 0) is 6.42 Å². The maximum Gasteiger partial charge on any atom is 0.128 e. The van der Waals surface area contributed by atoms with E-state index in [2.05, 4.69) is 31.2 Å². The van der Waals surface area contributed by atoms with Crippen molar-refractivity contribution >= 4 is 0 Å². The Labute approximate surface area is 116 Å². The van der Waals surface area contributed by atoms with Gasteiger partial charge in [-0.25, -0.2) is 0 Å². The zero-order valence-corrected chi connectivity index (χ0v) is 12.6. The molecule has 0 spiro atoms. The minimum absolute atomic E-state index is 0.641. The fourth-order valence-electron chi connectivity index (χ4n) is 3.36. The molecule has 0 bridgehead atoms. The van der Waals surface area contributed by atoms with Gasteiger partial charge in [0.1, 0.15) is 5.75 Å².